The predicted molar refractivity (Wildman–Crippen MR) is 184 cm³/mol. The topological polar surface area (TPSA) is 35.0 Å². The second-order valence-electron chi connectivity index (χ2n) is 12.2. The van der Waals surface area contributed by atoms with Gasteiger partial charge in [0.15, 0.2) is 8.32 Å². The summed E-state index contributed by atoms with van der Waals surface area (Å²) in [4.78, 5) is 10.2. The fourth-order valence-electron chi connectivity index (χ4n) is 4.74. The van der Waals surface area contributed by atoms with Crippen LogP contribution in [0.15, 0.2) is 102 Å². The average molecular weight is 616 g/mol. The molecule has 0 saturated carbocycles. The first-order chi connectivity index (χ1) is 19.6. The maximum absolute atomic E-state index is 6.51. The van der Waals surface area contributed by atoms with Crippen LogP contribution in [0.25, 0.3) is 10.7 Å². The third kappa shape index (κ3) is 6.48. The molecule has 41 heavy (non-hydrogen) atoms. The highest BCUT2D eigenvalue weighted by Gasteiger charge is 2.46. The molecule has 0 aliphatic rings. The Labute approximate surface area is 255 Å². The highest BCUT2D eigenvalue weighted by Crippen LogP contribution is 2.58. The largest absolute Gasteiger partial charge is 0.416 e. The van der Waals surface area contributed by atoms with Crippen molar-refractivity contribution >= 4 is 54.2 Å². The molecule has 212 valence electrons. The minimum Gasteiger partial charge on any atom is -0.416 e. The molecule has 0 bridgehead atoms. The molecule has 0 aliphatic heterocycles. The van der Waals surface area contributed by atoms with Crippen LogP contribution >= 0.6 is 29.9 Å². The summed E-state index contributed by atoms with van der Waals surface area (Å²) < 4.78 is 6.51. The van der Waals surface area contributed by atoms with E-state index in [0.717, 1.165) is 27.6 Å². The molecule has 0 radical (unpaired) electrons. The van der Waals surface area contributed by atoms with Crippen LogP contribution in [0.3, 0.4) is 0 Å². The second kappa shape index (κ2) is 12.4. The van der Waals surface area contributed by atoms with Gasteiger partial charge in [0.1, 0.15) is 40.0 Å². The third-order valence-electron chi connectivity index (χ3n) is 8.20. The molecule has 3 aromatic carbocycles. The van der Waals surface area contributed by atoms with Gasteiger partial charge in [0.25, 0.3) is 0 Å². The first kappa shape index (κ1) is 30.0. The summed E-state index contributed by atoms with van der Waals surface area (Å²) in [5.74, 6) is 0.259. The molecular formula is C34H40N2OPS2Si+. The molecule has 0 spiro atoms. The SMILES string of the molecule is C[C@H](CO[Si](C)(C)C(C)(C)C)c1nc(-c2nc(C[P+](c3ccccc3)(c3ccccc3)c3ccccc3)cs2)cs1. The van der Waals surface area contributed by atoms with Crippen LogP contribution in [-0.4, -0.2) is 24.9 Å². The monoisotopic (exact) mass is 615 g/mol. The molecule has 0 N–H and O–H groups in total. The maximum Gasteiger partial charge on any atom is 0.192 e. The van der Waals surface area contributed by atoms with Crippen LogP contribution in [0.2, 0.25) is 18.1 Å². The predicted octanol–water partition coefficient (Wildman–Crippen LogP) is 8.89. The van der Waals surface area contributed by atoms with E-state index in [2.05, 4.69) is 143 Å². The molecule has 0 fully saturated rings. The molecule has 1 atom stereocenters. The molecule has 0 aliphatic carbocycles. The summed E-state index contributed by atoms with van der Waals surface area (Å²) in [6, 6.07) is 33.0. The zero-order chi connectivity index (χ0) is 29.1. The van der Waals surface area contributed by atoms with Crippen LogP contribution in [-0.2, 0) is 10.6 Å². The number of benzene rings is 3. The first-order valence-electron chi connectivity index (χ1n) is 14.2. The summed E-state index contributed by atoms with van der Waals surface area (Å²) in [6.45, 7) is 14.4. The van der Waals surface area contributed by atoms with Crippen LogP contribution in [0.4, 0.5) is 0 Å². The fourth-order valence-corrected chi connectivity index (χ4v) is 11.8. The van der Waals surface area contributed by atoms with Crippen molar-refractivity contribution in [2.75, 3.05) is 6.61 Å². The fraction of sp³-hybridized carbons (Fsp3) is 0.294. The molecule has 7 heteroatoms. The van der Waals surface area contributed by atoms with E-state index in [0.29, 0.717) is 6.61 Å². The summed E-state index contributed by atoms with van der Waals surface area (Å²) in [5, 5.41) is 10.8. The van der Waals surface area contributed by atoms with E-state index in [9.17, 15) is 0 Å². The van der Waals surface area contributed by atoms with Crippen molar-refractivity contribution in [3.8, 4) is 10.7 Å². The van der Waals surface area contributed by atoms with E-state index in [1.54, 1.807) is 22.7 Å². The molecule has 5 rings (SSSR count). The van der Waals surface area contributed by atoms with Crippen LogP contribution in [0.1, 0.15) is 44.3 Å². The molecule has 0 amide bonds. The molecule has 0 unspecified atom stereocenters. The number of thiazole rings is 2. The van der Waals surface area contributed by atoms with Gasteiger partial charge < -0.3 is 4.43 Å². The highest BCUT2D eigenvalue weighted by atomic mass is 32.1. The van der Waals surface area contributed by atoms with Gasteiger partial charge in [-0.05, 0) is 54.5 Å². The van der Waals surface area contributed by atoms with E-state index in [1.807, 2.05) is 0 Å². The molecule has 2 heterocycles. The Morgan fingerprint density at radius 1 is 0.756 bits per heavy atom. The lowest BCUT2D eigenvalue weighted by Gasteiger charge is -2.36. The second-order valence-corrected chi connectivity index (χ2v) is 22.2. The van der Waals surface area contributed by atoms with Crippen LogP contribution in [0, 0.1) is 0 Å². The summed E-state index contributed by atoms with van der Waals surface area (Å²) >= 11 is 3.42. The van der Waals surface area contributed by atoms with Crippen molar-refractivity contribution < 1.29 is 4.43 Å². The number of aromatic nitrogens is 2. The van der Waals surface area contributed by atoms with E-state index in [-0.39, 0.29) is 11.0 Å². The summed E-state index contributed by atoms with van der Waals surface area (Å²) in [7, 11) is -3.78. The molecule has 0 saturated heterocycles. The Bertz CT molecular complexity index is 1450. The third-order valence-corrected chi connectivity index (χ3v) is 19.0. The highest BCUT2D eigenvalue weighted by molar-refractivity contribution is 7.95. The van der Waals surface area contributed by atoms with Gasteiger partial charge in [-0.3, -0.25) is 0 Å². The van der Waals surface area contributed by atoms with E-state index >= 15 is 0 Å². The first-order valence-corrected chi connectivity index (χ1v) is 20.8. The van der Waals surface area contributed by atoms with Crippen LogP contribution in [0.5, 0.6) is 0 Å². The lowest BCUT2D eigenvalue weighted by atomic mass is 10.2. The Kier molecular flexibility index (Phi) is 9.08. The normalized spacial score (nSPS) is 13.3. The maximum atomic E-state index is 6.51. The van der Waals surface area contributed by atoms with Gasteiger partial charge in [0.2, 0.25) is 0 Å². The Morgan fingerprint density at radius 2 is 1.27 bits per heavy atom. The van der Waals surface area contributed by atoms with Gasteiger partial charge in [-0.15, -0.1) is 22.7 Å². The number of rotatable bonds is 10. The van der Waals surface area contributed by atoms with Gasteiger partial charge in [-0.1, -0.05) is 82.3 Å². The number of nitrogens with zero attached hydrogens (tertiary/aromatic N) is 2. The lowest BCUT2D eigenvalue weighted by Crippen LogP contribution is -2.41. The Hall–Kier alpha value is -2.47. The van der Waals surface area contributed by atoms with Crippen molar-refractivity contribution in [3.05, 3.63) is 112 Å². The van der Waals surface area contributed by atoms with Gasteiger partial charge >= 0.3 is 0 Å². The molecular weight excluding hydrogens is 576 g/mol. The Balaban J connectivity index is 1.44. The zero-order valence-electron chi connectivity index (χ0n) is 24.9. The quantitative estimate of drug-likeness (QED) is 0.116. The average Bonchev–Trinajstić information content (AvgIpc) is 3.66. The number of hydrogen-bond acceptors (Lipinski definition) is 5. The minimum absolute atomic E-state index is 0.204. The van der Waals surface area contributed by atoms with E-state index < -0.39 is 15.6 Å². The lowest BCUT2D eigenvalue weighted by molar-refractivity contribution is 0.269. The van der Waals surface area contributed by atoms with E-state index in [4.69, 9.17) is 14.4 Å². The number of hydrogen-bond donors (Lipinski definition) is 0. The van der Waals surface area contributed by atoms with Crippen molar-refractivity contribution in [2.24, 2.45) is 0 Å². The smallest absolute Gasteiger partial charge is 0.192 e. The van der Waals surface area contributed by atoms with Gasteiger partial charge in [0.05, 0.1) is 10.7 Å². The van der Waals surface area contributed by atoms with Gasteiger partial charge in [0, 0.05) is 23.3 Å². The van der Waals surface area contributed by atoms with Gasteiger partial charge in [-0.25, -0.2) is 9.97 Å². The molecule has 3 nitrogen and oxygen atoms in total. The minimum atomic E-state index is -1.99. The zero-order valence-corrected chi connectivity index (χ0v) is 28.4. The molecule has 5 aromatic rings. The van der Waals surface area contributed by atoms with Crippen LogP contribution < -0.4 is 15.9 Å². The Morgan fingerprint density at radius 3 is 1.76 bits per heavy atom. The van der Waals surface area contributed by atoms with Crippen molar-refractivity contribution in [1.82, 2.24) is 9.97 Å². The van der Waals surface area contributed by atoms with Gasteiger partial charge in [-0.2, -0.15) is 0 Å². The summed E-state index contributed by atoms with van der Waals surface area (Å²) in [5.41, 5.74) is 2.10. The van der Waals surface area contributed by atoms with Crippen molar-refractivity contribution in [1.29, 1.82) is 0 Å². The van der Waals surface area contributed by atoms with E-state index in [1.165, 1.54) is 15.9 Å². The standard InChI is InChI=1S/C34H40N2OPS2Si/c1-26(22-37-41(5,6)34(2,3)4)32-36-31(25-40-32)33-35-27(24-39-33)23-38(28-16-10-7-11-17-28,29-18-12-8-13-19-29)30-20-14-9-15-21-30/h7-21,24-26H,22-23H2,1-6H3/q+1/t26-/m1/s1. The molecule has 2 aromatic heterocycles. The van der Waals surface area contributed by atoms with Crippen molar-refractivity contribution in [2.45, 2.75) is 57.9 Å². The van der Waals surface area contributed by atoms with Crippen molar-refractivity contribution in [3.63, 3.8) is 0 Å². The summed E-state index contributed by atoms with van der Waals surface area (Å²) in [6.07, 6.45) is 0.870.